The van der Waals surface area contributed by atoms with Crippen LogP contribution in [0.5, 0.6) is 0 Å². The first-order valence-corrected chi connectivity index (χ1v) is 11.7. The number of imidazole rings is 1. The van der Waals surface area contributed by atoms with Gasteiger partial charge in [0.25, 0.3) is 0 Å². The molecule has 6 rings (SSSR count). The fourth-order valence-electron chi connectivity index (χ4n) is 6.87. The van der Waals surface area contributed by atoms with Gasteiger partial charge in [0.1, 0.15) is 5.82 Å². The molecule has 0 radical (unpaired) electrons. The van der Waals surface area contributed by atoms with Crippen LogP contribution in [0.3, 0.4) is 0 Å². The van der Waals surface area contributed by atoms with Crippen molar-refractivity contribution in [2.75, 3.05) is 0 Å². The number of fused-ring (bicyclic) bond motifs is 3. The Bertz CT molecular complexity index is 923. The van der Waals surface area contributed by atoms with Gasteiger partial charge in [-0.1, -0.05) is 52.2 Å². The molecule has 4 saturated carbocycles. The maximum atomic E-state index is 13.3. The molecule has 0 unspecified atom stereocenters. The number of hydrogen-bond donors (Lipinski definition) is 1. The van der Waals surface area contributed by atoms with Gasteiger partial charge in [0.2, 0.25) is 5.91 Å². The maximum Gasteiger partial charge on any atom is 0.228 e. The van der Waals surface area contributed by atoms with Crippen LogP contribution >= 0.6 is 0 Å². The number of rotatable bonds is 4. The number of para-hydroxylation sites is 2. The number of nitrogens with one attached hydrogen (secondary N) is 1. The van der Waals surface area contributed by atoms with Gasteiger partial charge < -0.3 is 9.88 Å². The zero-order chi connectivity index (χ0) is 20.2. The highest BCUT2D eigenvalue weighted by Gasteiger charge is 2.65. The average Bonchev–Trinajstić information content (AvgIpc) is 3.07. The Labute approximate surface area is 174 Å². The Balaban J connectivity index is 1.42. The van der Waals surface area contributed by atoms with E-state index in [1.807, 2.05) is 6.07 Å². The molecule has 4 aliphatic rings. The highest BCUT2D eigenvalue weighted by Crippen LogP contribution is 2.63. The molecule has 1 heterocycles. The summed E-state index contributed by atoms with van der Waals surface area (Å²) in [4.78, 5) is 18.2. The molecule has 156 valence electrons. The van der Waals surface area contributed by atoms with Crippen LogP contribution in [0, 0.1) is 17.3 Å². The Morgan fingerprint density at radius 1 is 1.14 bits per heavy atom. The lowest BCUT2D eigenvalue weighted by Crippen LogP contribution is -2.74. The Morgan fingerprint density at radius 3 is 2.62 bits per heavy atom. The largest absolute Gasteiger partial charge is 0.349 e. The topological polar surface area (TPSA) is 46.9 Å². The summed E-state index contributed by atoms with van der Waals surface area (Å²) >= 11 is 0. The van der Waals surface area contributed by atoms with Gasteiger partial charge in [-0.15, -0.1) is 0 Å². The van der Waals surface area contributed by atoms with E-state index in [1.165, 1.54) is 50.5 Å². The third kappa shape index (κ3) is 2.85. The number of hydrogen-bond acceptors (Lipinski definition) is 2. The average molecular weight is 394 g/mol. The van der Waals surface area contributed by atoms with Crippen LogP contribution in [0.1, 0.15) is 84.0 Å². The van der Waals surface area contributed by atoms with Gasteiger partial charge in [0.15, 0.2) is 0 Å². The smallest absolute Gasteiger partial charge is 0.228 e. The van der Waals surface area contributed by atoms with E-state index in [1.54, 1.807) is 0 Å². The zero-order valence-electron chi connectivity index (χ0n) is 18.2. The van der Waals surface area contributed by atoms with Crippen LogP contribution in [0.25, 0.3) is 11.0 Å². The number of benzene rings is 1. The van der Waals surface area contributed by atoms with Crippen molar-refractivity contribution in [1.82, 2.24) is 14.9 Å². The van der Waals surface area contributed by atoms with Crippen LogP contribution in [0.4, 0.5) is 0 Å². The molecule has 1 aromatic carbocycles. The third-order valence-electron chi connectivity index (χ3n) is 8.82. The van der Waals surface area contributed by atoms with Crippen LogP contribution in [0.2, 0.25) is 0 Å². The molecule has 4 heteroatoms. The molecule has 4 nitrogen and oxygen atoms in total. The lowest BCUT2D eigenvalue weighted by molar-refractivity contribution is -0.160. The number of nitrogens with zero attached hydrogens (tertiary/aromatic N) is 2. The Kier molecular flexibility index (Phi) is 4.52. The summed E-state index contributed by atoms with van der Waals surface area (Å²) < 4.78 is 2.39. The van der Waals surface area contributed by atoms with Crippen LogP contribution in [-0.4, -0.2) is 21.0 Å². The van der Waals surface area contributed by atoms with E-state index in [9.17, 15) is 4.79 Å². The molecule has 4 fully saturated rings. The van der Waals surface area contributed by atoms with Gasteiger partial charge in [-0.3, -0.25) is 4.79 Å². The van der Waals surface area contributed by atoms with Gasteiger partial charge in [-0.25, -0.2) is 4.98 Å². The minimum absolute atomic E-state index is 0.0331. The molecule has 29 heavy (non-hydrogen) atoms. The van der Waals surface area contributed by atoms with Gasteiger partial charge in [-0.2, -0.15) is 0 Å². The minimum Gasteiger partial charge on any atom is -0.349 e. The number of aromatic nitrogens is 2. The van der Waals surface area contributed by atoms with Crippen molar-refractivity contribution in [3.05, 3.63) is 30.1 Å². The standard InChI is InChI=1S/C25H35N3O/c1-17-13-14-18-16-25(17,24(18,2)3)27-23(29)15-22-26-20-11-7-8-12-21(20)28(22)19-9-5-4-6-10-19/h7-8,11-12,17-19H,4-6,9-10,13-16H2,1-3H3,(H,27,29)/t17-,18+,25-/m1/s1. The van der Waals surface area contributed by atoms with Crippen molar-refractivity contribution < 1.29 is 4.79 Å². The first kappa shape index (κ1) is 19.1. The SMILES string of the molecule is C[C@@H]1CC[C@H]2C[C@]1(NC(=O)Cc1nc3ccccc3n1C1CCCCC1)C2(C)C. The second-order valence-electron chi connectivity index (χ2n) is 10.5. The van der Waals surface area contributed by atoms with E-state index in [-0.39, 0.29) is 16.9 Å². The quantitative estimate of drug-likeness (QED) is 0.754. The molecule has 2 aromatic rings. The summed E-state index contributed by atoms with van der Waals surface area (Å²) in [7, 11) is 0. The van der Waals surface area contributed by atoms with Crippen LogP contribution in [0.15, 0.2) is 24.3 Å². The molecule has 3 atom stereocenters. The first-order valence-electron chi connectivity index (χ1n) is 11.7. The van der Waals surface area contributed by atoms with Gasteiger partial charge in [0, 0.05) is 11.6 Å². The van der Waals surface area contributed by atoms with Crippen molar-refractivity contribution in [3.8, 4) is 0 Å². The molecule has 2 bridgehead atoms. The number of amides is 1. The second-order valence-corrected chi connectivity index (χ2v) is 10.5. The minimum atomic E-state index is -0.0331. The lowest BCUT2D eigenvalue weighted by atomic mass is 9.41. The van der Waals surface area contributed by atoms with E-state index in [4.69, 9.17) is 4.98 Å². The Morgan fingerprint density at radius 2 is 1.90 bits per heavy atom. The molecular weight excluding hydrogens is 358 g/mol. The van der Waals surface area contributed by atoms with E-state index < -0.39 is 0 Å². The normalized spacial score (nSPS) is 31.4. The molecular formula is C25H35N3O. The monoisotopic (exact) mass is 393 g/mol. The van der Waals surface area contributed by atoms with Crippen molar-refractivity contribution in [3.63, 3.8) is 0 Å². The molecule has 4 aliphatic carbocycles. The number of carbonyl (C=O) groups is 1. The molecule has 0 spiro atoms. The summed E-state index contributed by atoms with van der Waals surface area (Å²) in [6, 6.07) is 8.87. The predicted octanol–water partition coefficient (Wildman–Crippen LogP) is 5.42. The molecule has 0 aliphatic heterocycles. The van der Waals surface area contributed by atoms with Crippen LogP contribution < -0.4 is 5.32 Å². The summed E-state index contributed by atoms with van der Waals surface area (Å²) in [5.41, 5.74) is 2.38. The first-order chi connectivity index (χ1) is 13.9. The van der Waals surface area contributed by atoms with Crippen molar-refractivity contribution in [2.24, 2.45) is 17.3 Å². The summed E-state index contributed by atoms with van der Waals surface area (Å²) in [5, 5.41) is 3.53. The van der Waals surface area contributed by atoms with E-state index in [2.05, 4.69) is 48.9 Å². The lowest BCUT2D eigenvalue weighted by Gasteiger charge is -2.68. The third-order valence-corrected chi connectivity index (χ3v) is 8.82. The second kappa shape index (κ2) is 6.85. The van der Waals surface area contributed by atoms with E-state index >= 15 is 0 Å². The predicted molar refractivity (Wildman–Crippen MR) is 117 cm³/mol. The van der Waals surface area contributed by atoms with Crippen molar-refractivity contribution >= 4 is 16.9 Å². The van der Waals surface area contributed by atoms with Crippen molar-refractivity contribution in [1.29, 1.82) is 0 Å². The van der Waals surface area contributed by atoms with Crippen LogP contribution in [-0.2, 0) is 11.2 Å². The van der Waals surface area contributed by atoms with Crippen molar-refractivity contribution in [2.45, 2.75) is 90.1 Å². The van der Waals surface area contributed by atoms with E-state index in [0.717, 1.165) is 23.7 Å². The van der Waals surface area contributed by atoms with E-state index in [0.29, 0.717) is 18.4 Å². The fraction of sp³-hybridized carbons (Fsp3) is 0.680. The molecule has 1 aromatic heterocycles. The maximum absolute atomic E-state index is 13.3. The zero-order valence-corrected chi connectivity index (χ0v) is 18.2. The summed E-state index contributed by atoms with van der Waals surface area (Å²) in [5.74, 6) is 2.40. The molecule has 0 saturated heterocycles. The Hall–Kier alpha value is -1.84. The summed E-state index contributed by atoms with van der Waals surface area (Å²) in [6.45, 7) is 7.04. The van der Waals surface area contributed by atoms with Gasteiger partial charge in [-0.05, 0) is 61.5 Å². The van der Waals surface area contributed by atoms with Gasteiger partial charge >= 0.3 is 0 Å². The molecule has 1 amide bonds. The molecule has 1 N–H and O–H groups in total. The number of carbonyl (C=O) groups excluding carboxylic acids is 1. The highest BCUT2D eigenvalue weighted by molar-refractivity contribution is 5.82. The fourth-order valence-corrected chi connectivity index (χ4v) is 6.87. The summed E-state index contributed by atoms with van der Waals surface area (Å²) in [6.07, 6.45) is 10.4. The highest BCUT2D eigenvalue weighted by atomic mass is 16.1. The van der Waals surface area contributed by atoms with Gasteiger partial charge in [0.05, 0.1) is 17.5 Å².